The van der Waals surface area contributed by atoms with Crippen LogP contribution in [0.3, 0.4) is 0 Å². The van der Waals surface area contributed by atoms with E-state index in [1.807, 2.05) is 42.6 Å². The minimum atomic E-state index is -0.168. The summed E-state index contributed by atoms with van der Waals surface area (Å²) in [6.45, 7) is 2.15. The number of pyridine rings is 2. The number of hydrogen-bond donors (Lipinski definition) is 3. The maximum atomic E-state index is 12.6. The van der Waals surface area contributed by atoms with Gasteiger partial charge in [-0.2, -0.15) is 5.10 Å². The number of benzene rings is 2. The van der Waals surface area contributed by atoms with Gasteiger partial charge >= 0.3 is 0 Å². The van der Waals surface area contributed by atoms with E-state index in [0.29, 0.717) is 11.3 Å². The van der Waals surface area contributed by atoms with Crippen molar-refractivity contribution in [2.75, 3.05) is 23.3 Å². The van der Waals surface area contributed by atoms with Crippen LogP contribution in [0.5, 0.6) is 0 Å². The van der Waals surface area contributed by atoms with E-state index in [1.54, 1.807) is 24.5 Å². The number of hydrogen-bond acceptors (Lipinski definition) is 5. The van der Waals surface area contributed by atoms with Gasteiger partial charge in [-0.3, -0.25) is 14.9 Å². The van der Waals surface area contributed by atoms with Crippen LogP contribution >= 0.6 is 0 Å². The maximum Gasteiger partial charge on any atom is 0.255 e. The Balaban J connectivity index is 1.22. The molecular formula is C31H27N7O. The third kappa shape index (κ3) is 4.40. The van der Waals surface area contributed by atoms with Gasteiger partial charge in [0.05, 0.1) is 23.1 Å². The number of rotatable bonds is 5. The number of anilines is 2. The van der Waals surface area contributed by atoms with E-state index in [2.05, 4.69) is 53.6 Å². The fourth-order valence-electron chi connectivity index (χ4n) is 5.41. The van der Waals surface area contributed by atoms with Crippen LogP contribution in [0.25, 0.3) is 44.5 Å². The molecule has 0 atom stereocenters. The Morgan fingerprint density at radius 2 is 1.74 bits per heavy atom. The number of carbonyl (C=O) groups excluding carboxylic acids is 1. The Labute approximate surface area is 225 Å². The molecule has 3 N–H and O–H groups in total. The van der Waals surface area contributed by atoms with Crippen molar-refractivity contribution in [2.45, 2.75) is 19.3 Å². The lowest BCUT2D eigenvalue weighted by Crippen LogP contribution is -2.29. The molecule has 0 aliphatic carbocycles. The van der Waals surface area contributed by atoms with Crippen LogP contribution in [0.4, 0.5) is 11.4 Å². The molecule has 0 radical (unpaired) electrons. The highest BCUT2D eigenvalue weighted by molar-refractivity contribution is 6.04. The highest BCUT2D eigenvalue weighted by atomic mass is 16.1. The molecule has 0 bridgehead atoms. The second-order valence-corrected chi connectivity index (χ2v) is 9.94. The molecule has 0 saturated carbocycles. The van der Waals surface area contributed by atoms with Gasteiger partial charge in [0.1, 0.15) is 11.3 Å². The van der Waals surface area contributed by atoms with Crippen molar-refractivity contribution in [3.8, 4) is 22.5 Å². The molecular weight excluding hydrogens is 486 g/mol. The topological polar surface area (TPSA) is 103 Å². The van der Waals surface area contributed by atoms with Gasteiger partial charge in [-0.25, -0.2) is 4.98 Å². The first kappa shape index (κ1) is 23.2. The molecule has 7 rings (SSSR count). The Kier molecular flexibility index (Phi) is 5.77. The third-order valence-corrected chi connectivity index (χ3v) is 7.39. The van der Waals surface area contributed by atoms with Crippen LogP contribution in [-0.4, -0.2) is 44.1 Å². The van der Waals surface area contributed by atoms with E-state index in [9.17, 15) is 4.79 Å². The molecule has 1 saturated heterocycles. The van der Waals surface area contributed by atoms with Gasteiger partial charge in [0.15, 0.2) is 0 Å². The number of nitrogens with zero attached hydrogens (tertiary/aromatic N) is 4. The van der Waals surface area contributed by atoms with Crippen LogP contribution in [-0.2, 0) is 0 Å². The second kappa shape index (κ2) is 9.72. The predicted molar refractivity (Wildman–Crippen MR) is 155 cm³/mol. The molecule has 0 unspecified atom stereocenters. The van der Waals surface area contributed by atoms with E-state index in [0.717, 1.165) is 57.5 Å². The zero-order valence-electron chi connectivity index (χ0n) is 21.3. The lowest BCUT2D eigenvalue weighted by molar-refractivity contribution is 0.102. The number of nitrogens with one attached hydrogen (secondary N) is 3. The highest BCUT2D eigenvalue weighted by Crippen LogP contribution is 2.35. The van der Waals surface area contributed by atoms with Crippen molar-refractivity contribution in [1.82, 2.24) is 25.1 Å². The lowest BCUT2D eigenvalue weighted by atomic mass is 10.0. The van der Waals surface area contributed by atoms with Crippen molar-refractivity contribution in [2.24, 2.45) is 0 Å². The van der Waals surface area contributed by atoms with Crippen molar-refractivity contribution in [3.63, 3.8) is 0 Å². The summed E-state index contributed by atoms with van der Waals surface area (Å²) in [6, 6.07) is 21.5. The molecule has 1 fully saturated rings. The highest BCUT2D eigenvalue weighted by Gasteiger charge is 2.18. The lowest BCUT2D eigenvalue weighted by Gasteiger charge is -2.29. The Morgan fingerprint density at radius 1 is 0.872 bits per heavy atom. The van der Waals surface area contributed by atoms with E-state index >= 15 is 0 Å². The zero-order chi connectivity index (χ0) is 26.2. The first-order valence-corrected chi connectivity index (χ1v) is 13.3. The second-order valence-electron chi connectivity index (χ2n) is 9.94. The molecule has 39 heavy (non-hydrogen) atoms. The minimum Gasteiger partial charge on any atom is -0.371 e. The van der Waals surface area contributed by atoms with Crippen molar-refractivity contribution >= 4 is 39.2 Å². The number of amides is 1. The normalized spacial score (nSPS) is 13.7. The standard InChI is InChI=1S/C31H27N7O/c39-31(20-7-3-1-4-8-20)34-23-15-22(18-32-19-23)21-9-10-26-24(16-21)29(37-36-26)27-17-25-28(11-12-33-30(25)35-27)38-13-5-2-6-14-38/h1,3-4,7-12,15-19H,2,5-6,13-14H2,(H,33,35)(H,34,39)(H,36,37). The molecule has 0 spiro atoms. The molecule has 5 heterocycles. The monoisotopic (exact) mass is 513 g/mol. The summed E-state index contributed by atoms with van der Waals surface area (Å²) < 4.78 is 0. The summed E-state index contributed by atoms with van der Waals surface area (Å²) in [5.74, 6) is -0.168. The largest absolute Gasteiger partial charge is 0.371 e. The zero-order valence-corrected chi connectivity index (χ0v) is 21.3. The van der Waals surface area contributed by atoms with Crippen LogP contribution in [0.1, 0.15) is 29.6 Å². The van der Waals surface area contributed by atoms with Crippen LogP contribution in [0.2, 0.25) is 0 Å². The Hall–Kier alpha value is -4.98. The Bertz CT molecular complexity index is 1800. The quantitative estimate of drug-likeness (QED) is 0.247. The van der Waals surface area contributed by atoms with E-state index in [1.165, 1.54) is 24.9 Å². The molecule has 1 aliphatic heterocycles. The molecule has 192 valence electrons. The fourth-order valence-corrected chi connectivity index (χ4v) is 5.41. The van der Waals surface area contributed by atoms with Gasteiger partial charge in [0.2, 0.25) is 0 Å². The number of piperidine rings is 1. The van der Waals surface area contributed by atoms with Gasteiger partial charge in [-0.15, -0.1) is 0 Å². The van der Waals surface area contributed by atoms with Crippen LogP contribution in [0, 0.1) is 0 Å². The Morgan fingerprint density at radius 3 is 2.62 bits per heavy atom. The summed E-state index contributed by atoms with van der Waals surface area (Å²) in [5, 5.41) is 12.9. The van der Waals surface area contributed by atoms with E-state index in [-0.39, 0.29) is 5.91 Å². The predicted octanol–water partition coefficient (Wildman–Crippen LogP) is 6.41. The summed E-state index contributed by atoms with van der Waals surface area (Å²) in [4.78, 5) is 27.6. The molecule has 1 amide bonds. The van der Waals surface area contributed by atoms with E-state index < -0.39 is 0 Å². The third-order valence-electron chi connectivity index (χ3n) is 7.39. The van der Waals surface area contributed by atoms with Crippen LogP contribution < -0.4 is 10.2 Å². The molecule has 4 aromatic heterocycles. The number of aromatic nitrogens is 5. The molecule has 8 nitrogen and oxygen atoms in total. The first-order chi connectivity index (χ1) is 19.2. The van der Waals surface area contributed by atoms with Crippen molar-refractivity contribution < 1.29 is 4.79 Å². The van der Waals surface area contributed by atoms with E-state index in [4.69, 9.17) is 0 Å². The smallest absolute Gasteiger partial charge is 0.255 e. The number of aromatic amines is 2. The van der Waals surface area contributed by atoms with Crippen molar-refractivity contribution in [1.29, 1.82) is 0 Å². The summed E-state index contributed by atoms with van der Waals surface area (Å²) >= 11 is 0. The molecule has 2 aromatic carbocycles. The number of fused-ring (bicyclic) bond motifs is 2. The van der Waals surface area contributed by atoms with Crippen LogP contribution in [0.15, 0.2) is 85.3 Å². The maximum absolute atomic E-state index is 12.6. The van der Waals surface area contributed by atoms with Gasteiger partial charge in [0.25, 0.3) is 5.91 Å². The summed E-state index contributed by atoms with van der Waals surface area (Å²) in [6.07, 6.45) is 9.08. The number of H-pyrrole nitrogens is 2. The van der Waals surface area contributed by atoms with Crippen molar-refractivity contribution in [3.05, 3.63) is 90.9 Å². The first-order valence-electron chi connectivity index (χ1n) is 13.3. The average molecular weight is 514 g/mol. The SMILES string of the molecule is O=C(Nc1cncc(-c2ccc3[nH]nc(-c4cc5c(N6CCCCC6)ccnc5[nH]4)c3c2)c1)c1ccccc1. The summed E-state index contributed by atoms with van der Waals surface area (Å²) in [5.41, 5.74) is 7.93. The molecule has 6 aromatic rings. The number of carbonyl (C=O) groups is 1. The van der Waals surface area contributed by atoms with Gasteiger partial charge in [-0.05, 0) is 67.3 Å². The average Bonchev–Trinajstić information content (AvgIpc) is 3.62. The minimum absolute atomic E-state index is 0.168. The summed E-state index contributed by atoms with van der Waals surface area (Å²) in [7, 11) is 0. The van der Waals surface area contributed by atoms with Gasteiger partial charge in [-0.1, -0.05) is 24.3 Å². The molecule has 1 aliphatic rings. The molecule has 8 heteroatoms. The van der Waals surface area contributed by atoms with Gasteiger partial charge < -0.3 is 15.2 Å². The fraction of sp³-hybridized carbons (Fsp3) is 0.161. The van der Waals surface area contributed by atoms with Gasteiger partial charge in [0, 0.05) is 53.1 Å².